The van der Waals surface area contributed by atoms with Crippen LogP contribution in [0.3, 0.4) is 0 Å². The van der Waals surface area contributed by atoms with E-state index in [1.54, 1.807) is 30.3 Å². The zero-order chi connectivity index (χ0) is 16.4. The van der Waals surface area contributed by atoms with Crippen LogP contribution in [0.1, 0.15) is 24.6 Å². The van der Waals surface area contributed by atoms with E-state index in [0.29, 0.717) is 15.0 Å². The zero-order valence-electron chi connectivity index (χ0n) is 11.0. The van der Waals surface area contributed by atoms with Gasteiger partial charge in [-0.1, -0.05) is 26.0 Å². The zero-order valence-corrected chi connectivity index (χ0v) is 12.6. The van der Waals surface area contributed by atoms with E-state index in [4.69, 9.17) is 18.6 Å². The van der Waals surface area contributed by atoms with E-state index < -0.39 is 26.2 Å². The van der Waals surface area contributed by atoms with Gasteiger partial charge in [-0.05, 0) is 12.1 Å². The number of thiophene rings is 1. The molecule has 0 radical (unpaired) electrons. The SMILES string of the molecule is CC(C)c1cc2ccccc2[s+]1C(F)(F)F.[O-][Cl+3]([O-])([O-])[O-]. The molecule has 1 atom stereocenters. The lowest BCUT2D eigenvalue weighted by Crippen LogP contribution is -2.68. The number of benzene rings is 1. The molecule has 2 aromatic rings. The Kier molecular flexibility index (Phi) is 5.59. The molecule has 0 saturated heterocycles. The van der Waals surface area contributed by atoms with Gasteiger partial charge in [0, 0.05) is 17.4 Å². The van der Waals surface area contributed by atoms with Gasteiger partial charge < -0.3 is 0 Å². The van der Waals surface area contributed by atoms with E-state index in [-0.39, 0.29) is 5.92 Å². The summed E-state index contributed by atoms with van der Waals surface area (Å²) in [4.78, 5) is 0.494. The number of alkyl halides is 3. The summed E-state index contributed by atoms with van der Waals surface area (Å²) in [6.45, 7) is 3.62. The van der Waals surface area contributed by atoms with Crippen LogP contribution in [0.4, 0.5) is 13.2 Å². The van der Waals surface area contributed by atoms with Crippen molar-refractivity contribution in [1.29, 1.82) is 0 Å². The van der Waals surface area contributed by atoms with E-state index in [0.717, 1.165) is 0 Å². The van der Waals surface area contributed by atoms with Crippen molar-refractivity contribution >= 4 is 20.6 Å². The molecule has 1 aromatic heterocycles. The number of hydrogen-bond acceptors (Lipinski definition) is 4. The molecule has 0 fully saturated rings. The largest absolute Gasteiger partial charge is 0.600 e. The van der Waals surface area contributed by atoms with Crippen LogP contribution in [-0.4, -0.2) is 0 Å². The summed E-state index contributed by atoms with van der Waals surface area (Å²) in [6, 6.07) is 8.46. The molecule has 0 amide bonds. The molecular formula is C12H12ClF3O4S. The monoisotopic (exact) mass is 344 g/mol. The fourth-order valence-electron chi connectivity index (χ4n) is 1.79. The van der Waals surface area contributed by atoms with E-state index in [1.807, 2.05) is 13.8 Å². The van der Waals surface area contributed by atoms with Crippen LogP contribution in [0, 0.1) is 10.2 Å². The van der Waals surface area contributed by atoms with Crippen LogP contribution in [0.15, 0.2) is 30.3 Å². The Morgan fingerprint density at radius 1 is 1.05 bits per heavy atom. The van der Waals surface area contributed by atoms with E-state index in [2.05, 4.69) is 0 Å². The second-order valence-corrected chi connectivity index (χ2v) is 7.11. The van der Waals surface area contributed by atoms with Gasteiger partial charge in [0.2, 0.25) is 0 Å². The van der Waals surface area contributed by atoms with Gasteiger partial charge in [-0.15, -0.1) is 23.4 Å². The van der Waals surface area contributed by atoms with Crippen molar-refractivity contribution in [3.05, 3.63) is 35.2 Å². The van der Waals surface area contributed by atoms with Gasteiger partial charge in [-0.2, -0.15) is 0 Å². The minimum atomic E-state index is -4.94. The highest BCUT2D eigenvalue weighted by Crippen LogP contribution is 2.52. The van der Waals surface area contributed by atoms with Crippen LogP contribution in [0.5, 0.6) is 0 Å². The van der Waals surface area contributed by atoms with Crippen LogP contribution in [-0.2, 0) is 5.51 Å². The van der Waals surface area contributed by atoms with Gasteiger partial charge in [-0.25, -0.2) is 18.6 Å². The molecular weight excluding hydrogens is 333 g/mol. The molecule has 0 spiro atoms. The van der Waals surface area contributed by atoms with Crippen molar-refractivity contribution in [2.75, 3.05) is 0 Å². The van der Waals surface area contributed by atoms with Crippen molar-refractivity contribution < 1.29 is 42.1 Å². The second-order valence-electron chi connectivity index (χ2n) is 4.37. The number of fused-ring (bicyclic) bond motifs is 1. The quantitative estimate of drug-likeness (QED) is 0.701. The Morgan fingerprint density at radius 2 is 1.52 bits per heavy atom. The van der Waals surface area contributed by atoms with Gasteiger partial charge in [0.1, 0.15) is 0 Å². The Hall–Kier alpha value is -0.900. The van der Waals surface area contributed by atoms with Crippen molar-refractivity contribution in [3.63, 3.8) is 0 Å². The lowest BCUT2D eigenvalue weighted by atomic mass is 10.1. The molecule has 0 saturated carbocycles. The topological polar surface area (TPSA) is 92.2 Å². The molecule has 0 bridgehead atoms. The number of halogens is 4. The number of hydrogen-bond donors (Lipinski definition) is 0. The van der Waals surface area contributed by atoms with Crippen LogP contribution in [0.2, 0.25) is 0 Å². The summed E-state index contributed by atoms with van der Waals surface area (Å²) in [5.74, 6) is -0.0719. The Balaban J connectivity index is 0.000000383. The molecule has 0 N–H and O–H groups in total. The van der Waals surface area contributed by atoms with E-state index in [9.17, 15) is 13.2 Å². The third kappa shape index (κ3) is 5.42. The van der Waals surface area contributed by atoms with E-state index >= 15 is 0 Å². The van der Waals surface area contributed by atoms with Gasteiger partial charge in [-0.3, -0.25) is 0 Å². The van der Waals surface area contributed by atoms with Gasteiger partial charge in [0.25, 0.3) is 0 Å². The maximum absolute atomic E-state index is 13.0. The first-order chi connectivity index (χ1) is 9.41. The first kappa shape index (κ1) is 18.1. The van der Waals surface area contributed by atoms with Crippen molar-refractivity contribution in [2.45, 2.75) is 25.3 Å². The average molecular weight is 345 g/mol. The first-order valence-corrected chi connectivity index (χ1v) is 8.10. The fraction of sp³-hybridized carbons (Fsp3) is 0.333. The molecule has 2 rings (SSSR count). The minimum absolute atomic E-state index is 0.0719. The fourth-order valence-corrected chi connectivity index (χ4v) is 3.85. The molecule has 1 heterocycles. The summed E-state index contributed by atoms with van der Waals surface area (Å²) in [5, 5.41) is 0.715. The summed E-state index contributed by atoms with van der Waals surface area (Å²) >= 11 is 0. The highest BCUT2D eigenvalue weighted by atomic mass is 35.7. The van der Waals surface area contributed by atoms with Crippen LogP contribution in [0.25, 0.3) is 10.1 Å². The molecule has 21 heavy (non-hydrogen) atoms. The lowest BCUT2D eigenvalue weighted by Gasteiger charge is -2.17. The molecule has 0 aliphatic rings. The Bertz CT molecular complexity index is 599. The molecule has 1 aromatic carbocycles. The molecule has 118 valence electrons. The first-order valence-electron chi connectivity index (χ1n) is 5.64. The summed E-state index contributed by atoms with van der Waals surface area (Å²) < 4.78 is 73.5. The molecule has 1 unspecified atom stereocenters. The highest BCUT2D eigenvalue weighted by molar-refractivity contribution is 7.38. The highest BCUT2D eigenvalue weighted by Gasteiger charge is 2.48. The Labute approximate surface area is 123 Å². The van der Waals surface area contributed by atoms with Gasteiger partial charge in [0.15, 0.2) is 9.58 Å². The summed E-state index contributed by atoms with van der Waals surface area (Å²) in [5.41, 5.74) is -4.16. The molecule has 0 aliphatic heterocycles. The maximum atomic E-state index is 13.0. The number of rotatable bonds is 1. The van der Waals surface area contributed by atoms with Crippen LogP contribution >= 0.6 is 10.5 Å². The molecule has 0 aliphatic carbocycles. The maximum Gasteiger partial charge on any atom is 0.600 e. The Morgan fingerprint density at radius 3 is 1.95 bits per heavy atom. The summed E-state index contributed by atoms with van der Waals surface area (Å²) in [6.07, 6.45) is 0. The predicted molar refractivity (Wildman–Crippen MR) is 61.8 cm³/mol. The average Bonchev–Trinajstić information content (AvgIpc) is 2.65. The van der Waals surface area contributed by atoms with Gasteiger partial charge >= 0.3 is 5.51 Å². The van der Waals surface area contributed by atoms with Gasteiger partial charge in [0.05, 0.1) is 10.5 Å². The minimum Gasteiger partial charge on any atom is -0.222 e. The second kappa shape index (κ2) is 6.47. The predicted octanol–water partition coefficient (Wildman–Crippen LogP) is 0.433. The molecule has 4 nitrogen and oxygen atoms in total. The van der Waals surface area contributed by atoms with E-state index in [1.165, 1.54) is 0 Å². The molecule has 9 heteroatoms. The van der Waals surface area contributed by atoms with Crippen molar-refractivity contribution in [2.24, 2.45) is 0 Å². The third-order valence-corrected chi connectivity index (χ3v) is 4.81. The van der Waals surface area contributed by atoms with Crippen LogP contribution < -0.4 is 18.6 Å². The lowest BCUT2D eigenvalue weighted by molar-refractivity contribution is -2.00. The normalized spacial score (nSPS) is 13.3. The van der Waals surface area contributed by atoms with Crippen molar-refractivity contribution in [1.82, 2.24) is 0 Å². The standard InChI is InChI=1S/C12H12F3S.ClHO4/c1-8(2)11-7-9-5-3-4-6-10(9)16(11)12(13,14)15;2-1(3,4)5/h3-8H,1-2H3;(H,2,3,4,5)/q+1;/p-1. The summed E-state index contributed by atoms with van der Waals surface area (Å²) in [7, 11) is -6.67. The smallest absolute Gasteiger partial charge is 0.222 e. The van der Waals surface area contributed by atoms with Crippen molar-refractivity contribution in [3.8, 4) is 0 Å². The third-order valence-electron chi connectivity index (χ3n) is 2.47.